The summed E-state index contributed by atoms with van der Waals surface area (Å²) in [7, 11) is 0. The lowest BCUT2D eigenvalue weighted by atomic mass is 10.0. The third-order valence-electron chi connectivity index (χ3n) is 4.19. The highest BCUT2D eigenvalue weighted by atomic mass is 16.5. The van der Waals surface area contributed by atoms with Gasteiger partial charge in [0, 0.05) is 19.1 Å². The number of hydrogen-bond donors (Lipinski definition) is 3. The number of carbonyl (C=O) groups excluding carboxylic acids is 1. The average Bonchev–Trinajstić information content (AvgIpc) is 2.57. The Kier molecular flexibility index (Phi) is 7.89. The van der Waals surface area contributed by atoms with Crippen LogP contribution in [0.4, 0.5) is 4.79 Å². The summed E-state index contributed by atoms with van der Waals surface area (Å²) in [5, 5.41) is 9.34. The van der Waals surface area contributed by atoms with Gasteiger partial charge in [-0.1, -0.05) is 18.6 Å². The van der Waals surface area contributed by atoms with E-state index >= 15 is 0 Å². The molecular weight excluding hydrogens is 302 g/mol. The van der Waals surface area contributed by atoms with Crippen molar-refractivity contribution in [3.05, 3.63) is 29.8 Å². The molecule has 3 N–H and O–H groups in total. The van der Waals surface area contributed by atoms with E-state index in [1.165, 1.54) is 24.8 Å². The highest BCUT2D eigenvalue weighted by Crippen LogP contribution is 2.14. The van der Waals surface area contributed by atoms with Crippen LogP contribution in [0, 0.1) is 0 Å². The van der Waals surface area contributed by atoms with Gasteiger partial charge in [-0.15, -0.1) is 0 Å². The molecule has 1 heterocycles. The van der Waals surface area contributed by atoms with Gasteiger partial charge in [0.05, 0.1) is 6.10 Å². The molecule has 0 spiro atoms. The van der Waals surface area contributed by atoms with Crippen molar-refractivity contribution >= 4 is 6.03 Å². The van der Waals surface area contributed by atoms with Crippen molar-refractivity contribution in [1.29, 1.82) is 0 Å². The highest BCUT2D eigenvalue weighted by Gasteiger charge is 2.12. The molecule has 5 heteroatoms. The van der Waals surface area contributed by atoms with Crippen molar-refractivity contribution in [1.82, 2.24) is 16.0 Å². The molecule has 0 bridgehead atoms. The largest absolute Gasteiger partial charge is 0.491 e. The number of nitrogens with one attached hydrogen (secondary N) is 3. The van der Waals surface area contributed by atoms with E-state index in [4.69, 9.17) is 4.74 Å². The van der Waals surface area contributed by atoms with Crippen molar-refractivity contribution in [2.45, 2.75) is 58.1 Å². The topological polar surface area (TPSA) is 62.4 Å². The fourth-order valence-corrected chi connectivity index (χ4v) is 2.92. The first-order valence-electron chi connectivity index (χ1n) is 9.14. The second-order valence-corrected chi connectivity index (χ2v) is 6.68. The van der Waals surface area contributed by atoms with Crippen molar-refractivity contribution in [2.75, 3.05) is 19.6 Å². The highest BCUT2D eigenvalue weighted by molar-refractivity contribution is 5.73. The van der Waals surface area contributed by atoms with Crippen LogP contribution >= 0.6 is 0 Å². The molecule has 1 aliphatic rings. The normalized spacial score (nSPS) is 17.5. The number of rotatable bonds is 8. The molecule has 134 valence electrons. The van der Waals surface area contributed by atoms with Gasteiger partial charge in [0.15, 0.2) is 0 Å². The van der Waals surface area contributed by atoms with E-state index in [0.717, 1.165) is 31.7 Å². The molecule has 5 nitrogen and oxygen atoms in total. The SMILES string of the molecule is CC(C)Oc1ccc(CCNC(=O)NCC[C@H]2CCCCN2)cc1. The molecule has 2 rings (SSSR count). The van der Waals surface area contributed by atoms with Crippen LogP contribution in [0.3, 0.4) is 0 Å². The fourth-order valence-electron chi connectivity index (χ4n) is 2.92. The van der Waals surface area contributed by atoms with Gasteiger partial charge in [0.1, 0.15) is 5.75 Å². The van der Waals surface area contributed by atoms with Crippen LogP contribution in [0.1, 0.15) is 45.1 Å². The van der Waals surface area contributed by atoms with Gasteiger partial charge in [0.2, 0.25) is 0 Å². The molecular formula is C19H31N3O2. The van der Waals surface area contributed by atoms with Crippen LogP contribution in [0.2, 0.25) is 0 Å². The molecule has 0 radical (unpaired) electrons. The number of amides is 2. The molecule has 1 atom stereocenters. The number of hydrogen-bond acceptors (Lipinski definition) is 3. The lowest BCUT2D eigenvalue weighted by molar-refractivity contribution is 0.239. The molecule has 1 fully saturated rings. The zero-order valence-corrected chi connectivity index (χ0v) is 14.9. The van der Waals surface area contributed by atoms with Gasteiger partial charge >= 0.3 is 6.03 Å². The average molecular weight is 333 g/mol. The Morgan fingerprint density at radius 3 is 2.62 bits per heavy atom. The second kappa shape index (κ2) is 10.2. The van der Waals surface area contributed by atoms with Gasteiger partial charge in [-0.05, 0) is 63.8 Å². The van der Waals surface area contributed by atoms with Gasteiger partial charge in [-0.25, -0.2) is 4.79 Å². The summed E-state index contributed by atoms with van der Waals surface area (Å²) >= 11 is 0. The zero-order chi connectivity index (χ0) is 17.2. The summed E-state index contributed by atoms with van der Waals surface area (Å²) in [5.74, 6) is 0.885. The van der Waals surface area contributed by atoms with E-state index in [-0.39, 0.29) is 12.1 Å². The summed E-state index contributed by atoms with van der Waals surface area (Å²) in [6.45, 7) is 6.50. The third-order valence-corrected chi connectivity index (χ3v) is 4.19. The van der Waals surface area contributed by atoms with Gasteiger partial charge in [0.25, 0.3) is 0 Å². The van der Waals surface area contributed by atoms with Crippen molar-refractivity contribution in [3.8, 4) is 5.75 Å². The summed E-state index contributed by atoms with van der Waals surface area (Å²) in [4.78, 5) is 11.8. The molecule has 0 aromatic heterocycles. The van der Waals surface area contributed by atoms with Crippen LogP contribution in [-0.4, -0.2) is 37.8 Å². The van der Waals surface area contributed by atoms with Gasteiger partial charge in [-0.2, -0.15) is 0 Å². The lowest BCUT2D eigenvalue weighted by Crippen LogP contribution is -2.41. The second-order valence-electron chi connectivity index (χ2n) is 6.68. The van der Waals surface area contributed by atoms with Crippen LogP contribution in [0.5, 0.6) is 5.75 Å². The maximum absolute atomic E-state index is 11.8. The van der Waals surface area contributed by atoms with E-state index in [1.54, 1.807) is 0 Å². The monoisotopic (exact) mass is 333 g/mol. The quantitative estimate of drug-likeness (QED) is 0.685. The fraction of sp³-hybridized carbons (Fsp3) is 0.632. The van der Waals surface area contributed by atoms with Crippen LogP contribution < -0.4 is 20.7 Å². The summed E-state index contributed by atoms with van der Waals surface area (Å²) < 4.78 is 5.62. The molecule has 1 aromatic carbocycles. The molecule has 0 aliphatic carbocycles. The predicted octanol–water partition coefficient (Wildman–Crippen LogP) is 2.85. The molecule has 1 saturated heterocycles. The molecule has 2 amide bonds. The summed E-state index contributed by atoms with van der Waals surface area (Å²) in [6, 6.07) is 8.54. The smallest absolute Gasteiger partial charge is 0.314 e. The zero-order valence-electron chi connectivity index (χ0n) is 14.9. The molecule has 1 aliphatic heterocycles. The number of urea groups is 1. The summed E-state index contributed by atoms with van der Waals surface area (Å²) in [6.07, 6.45) is 5.80. The standard InChI is InChI=1S/C19H31N3O2/c1-15(2)24-18-8-6-16(7-9-18)10-13-21-19(23)22-14-11-17-5-3-4-12-20-17/h6-9,15,17,20H,3-5,10-14H2,1-2H3,(H2,21,22,23)/t17-/m1/s1. The minimum absolute atomic E-state index is 0.0782. The van der Waals surface area contributed by atoms with Crippen molar-refractivity contribution < 1.29 is 9.53 Å². The lowest BCUT2D eigenvalue weighted by Gasteiger charge is -2.23. The van der Waals surface area contributed by atoms with Crippen LogP contribution in [0.25, 0.3) is 0 Å². The predicted molar refractivity (Wildman–Crippen MR) is 97.6 cm³/mol. The van der Waals surface area contributed by atoms with E-state index in [0.29, 0.717) is 12.6 Å². The maximum Gasteiger partial charge on any atom is 0.314 e. The van der Waals surface area contributed by atoms with E-state index in [2.05, 4.69) is 16.0 Å². The summed E-state index contributed by atoms with van der Waals surface area (Å²) in [5.41, 5.74) is 1.19. The van der Waals surface area contributed by atoms with Gasteiger partial charge in [-0.3, -0.25) is 0 Å². The Morgan fingerprint density at radius 2 is 1.96 bits per heavy atom. The first kappa shape index (κ1) is 18.6. The van der Waals surface area contributed by atoms with E-state index in [1.807, 2.05) is 38.1 Å². The Labute approximate surface area is 145 Å². The number of ether oxygens (including phenoxy) is 1. The van der Waals surface area contributed by atoms with Crippen molar-refractivity contribution in [2.24, 2.45) is 0 Å². The first-order valence-corrected chi connectivity index (χ1v) is 9.14. The molecule has 0 unspecified atom stereocenters. The number of benzene rings is 1. The molecule has 1 aromatic rings. The minimum Gasteiger partial charge on any atom is -0.491 e. The first-order chi connectivity index (χ1) is 11.6. The number of carbonyl (C=O) groups is 1. The van der Waals surface area contributed by atoms with Crippen molar-refractivity contribution in [3.63, 3.8) is 0 Å². The number of piperidine rings is 1. The Hall–Kier alpha value is -1.75. The van der Waals surface area contributed by atoms with Crippen LogP contribution in [-0.2, 0) is 6.42 Å². The van der Waals surface area contributed by atoms with Crippen LogP contribution in [0.15, 0.2) is 24.3 Å². The Morgan fingerprint density at radius 1 is 1.21 bits per heavy atom. The Bertz CT molecular complexity index is 482. The van der Waals surface area contributed by atoms with Gasteiger partial charge < -0.3 is 20.7 Å². The third kappa shape index (κ3) is 7.21. The van der Waals surface area contributed by atoms with E-state index in [9.17, 15) is 4.79 Å². The molecule has 0 saturated carbocycles. The molecule has 24 heavy (non-hydrogen) atoms. The van der Waals surface area contributed by atoms with E-state index < -0.39 is 0 Å². The Balaban J connectivity index is 1.56. The maximum atomic E-state index is 11.8. The minimum atomic E-state index is -0.0782.